The van der Waals surface area contributed by atoms with Crippen LogP contribution in [0.25, 0.3) is 0 Å². The van der Waals surface area contributed by atoms with Gasteiger partial charge in [0, 0.05) is 17.6 Å². The zero-order valence-corrected chi connectivity index (χ0v) is 11.8. The van der Waals surface area contributed by atoms with Gasteiger partial charge in [-0.3, -0.25) is 0 Å². The molecule has 2 aromatic carbocycles. The minimum atomic E-state index is -0.0200. The summed E-state index contributed by atoms with van der Waals surface area (Å²) in [5.74, 6) is 0. The Bertz CT molecular complexity index is 605. The van der Waals surface area contributed by atoms with Crippen molar-refractivity contribution in [2.75, 3.05) is 11.9 Å². The summed E-state index contributed by atoms with van der Waals surface area (Å²) in [7, 11) is 0. The number of halogens is 1. The number of nitrogens with one attached hydrogen (secondary N) is 1. The number of anilines is 1. The Hall–Kier alpha value is -2.02. The first-order chi connectivity index (χ1) is 9.70. The highest BCUT2D eigenvalue weighted by atomic mass is 35.5. The second kappa shape index (κ2) is 6.95. The molecule has 1 atom stereocenters. The van der Waals surface area contributed by atoms with Crippen LogP contribution in [0.1, 0.15) is 23.6 Å². The molecule has 0 bridgehead atoms. The number of hydrogen-bond donors (Lipinski definition) is 2. The summed E-state index contributed by atoms with van der Waals surface area (Å²) in [6, 6.07) is 17.3. The normalized spacial score (nSPS) is 11.7. The molecule has 0 heterocycles. The van der Waals surface area contributed by atoms with E-state index in [4.69, 9.17) is 22.6 Å². The molecular weight excluding hydrogens is 270 g/mol. The lowest BCUT2D eigenvalue weighted by Crippen LogP contribution is -2.15. The zero-order valence-electron chi connectivity index (χ0n) is 11.0. The largest absolute Gasteiger partial charge is 0.384 e. The summed E-state index contributed by atoms with van der Waals surface area (Å²) in [5, 5.41) is 12.9. The maximum atomic E-state index is 9.04. The number of benzene rings is 2. The van der Waals surface area contributed by atoms with Crippen molar-refractivity contribution in [3.63, 3.8) is 0 Å². The average molecular weight is 286 g/mol. The number of nitriles is 1. The summed E-state index contributed by atoms with van der Waals surface area (Å²) in [4.78, 5) is 0. The summed E-state index contributed by atoms with van der Waals surface area (Å²) >= 11 is 5.94. The molecule has 3 nitrogen and oxygen atoms in total. The monoisotopic (exact) mass is 285 g/mol. The van der Waals surface area contributed by atoms with E-state index in [0.29, 0.717) is 17.1 Å². The number of nitrogens with two attached hydrogens (primary N) is 1. The van der Waals surface area contributed by atoms with Gasteiger partial charge >= 0.3 is 0 Å². The molecule has 0 aliphatic heterocycles. The van der Waals surface area contributed by atoms with Gasteiger partial charge in [-0.25, -0.2) is 0 Å². The molecule has 0 aliphatic carbocycles. The number of nitrogens with zero attached hydrogens (tertiary/aromatic N) is 1. The molecule has 0 saturated carbocycles. The van der Waals surface area contributed by atoms with Gasteiger partial charge in [0.2, 0.25) is 0 Å². The molecule has 2 aromatic rings. The van der Waals surface area contributed by atoms with Gasteiger partial charge in [0.15, 0.2) is 0 Å². The quantitative estimate of drug-likeness (QED) is 0.880. The molecular formula is C16H16ClN3. The Kier molecular flexibility index (Phi) is 5.00. The molecule has 0 radical (unpaired) electrons. The summed E-state index contributed by atoms with van der Waals surface area (Å²) < 4.78 is 0. The maximum Gasteiger partial charge on any atom is 0.101 e. The van der Waals surface area contributed by atoms with Gasteiger partial charge in [0.1, 0.15) is 6.07 Å². The van der Waals surface area contributed by atoms with Crippen LogP contribution < -0.4 is 11.1 Å². The van der Waals surface area contributed by atoms with Crippen molar-refractivity contribution in [3.05, 3.63) is 64.7 Å². The summed E-state index contributed by atoms with van der Waals surface area (Å²) in [5.41, 5.74) is 8.58. The lowest BCUT2D eigenvalue weighted by molar-refractivity contribution is 0.675. The third-order valence-electron chi connectivity index (χ3n) is 3.10. The van der Waals surface area contributed by atoms with Crippen molar-refractivity contribution in [3.8, 4) is 6.07 Å². The van der Waals surface area contributed by atoms with E-state index in [9.17, 15) is 0 Å². The van der Waals surface area contributed by atoms with Crippen molar-refractivity contribution in [1.29, 1.82) is 5.26 Å². The van der Waals surface area contributed by atoms with Crippen LogP contribution in [-0.4, -0.2) is 6.54 Å². The third-order valence-corrected chi connectivity index (χ3v) is 3.34. The molecule has 20 heavy (non-hydrogen) atoms. The molecule has 0 spiro atoms. The fourth-order valence-corrected chi connectivity index (χ4v) is 2.16. The molecule has 1 unspecified atom stereocenters. The second-order valence-corrected chi connectivity index (χ2v) is 4.97. The van der Waals surface area contributed by atoms with Crippen molar-refractivity contribution < 1.29 is 0 Å². The molecule has 2 rings (SSSR count). The summed E-state index contributed by atoms with van der Waals surface area (Å²) in [6.45, 7) is 0.686. The van der Waals surface area contributed by atoms with E-state index in [-0.39, 0.29) is 6.04 Å². The molecule has 0 fully saturated rings. The van der Waals surface area contributed by atoms with Crippen molar-refractivity contribution >= 4 is 17.3 Å². The van der Waals surface area contributed by atoms with E-state index in [2.05, 4.69) is 11.4 Å². The lowest BCUT2D eigenvalue weighted by Gasteiger charge is -2.14. The van der Waals surface area contributed by atoms with Crippen LogP contribution in [0.15, 0.2) is 48.5 Å². The van der Waals surface area contributed by atoms with E-state index in [1.165, 1.54) is 0 Å². The van der Waals surface area contributed by atoms with Gasteiger partial charge < -0.3 is 11.1 Å². The molecule has 102 valence electrons. The topological polar surface area (TPSA) is 61.8 Å². The van der Waals surface area contributed by atoms with Gasteiger partial charge in [-0.1, -0.05) is 41.9 Å². The molecule has 0 saturated heterocycles. The predicted octanol–water partition coefficient (Wildman–Crippen LogP) is 3.71. The van der Waals surface area contributed by atoms with Gasteiger partial charge in [-0.05, 0) is 30.2 Å². The van der Waals surface area contributed by atoms with Crippen LogP contribution in [0.4, 0.5) is 5.69 Å². The van der Waals surface area contributed by atoms with Crippen LogP contribution in [0.2, 0.25) is 5.02 Å². The maximum absolute atomic E-state index is 9.04. The smallest absolute Gasteiger partial charge is 0.101 e. The first kappa shape index (κ1) is 14.4. The minimum absolute atomic E-state index is 0.0200. The van der Waals surface area contributed by atoms with Crippen LogP contribution in [0, 0.1) is 11.3 Å². The highest BCUT2D eigenvalue weighted by Crippen LogP contribution is 2.21. The van der Waals surface area contributed by atoms with Crippen molar-refractivity contribution in [2.24, 2.45) is 5.73 Å². The number of hydrogen-bond acceptors (Lipinski definition) is 3. The Morgan fingerprint density at radius 1 is 1.20 bits per heavy atom. The molecule has 0 amide bonds. The molecule has 4 heteroatoms. The Balaban J connectivity index is 1.94. The van der Waals surface area contributed by atoms with Gasteiger partial charge in [0.25, 0.3) is 0 Å². The van der Waals surface area contributed by atoms with Crippen molar-refractivity contribution in [2.45, 2.75) is 12.5 Å². The van der Waals surface area contributed by atoms with Crippen LogP contribution in [0.5, 0.6) is 0 Å². The first-order valence-corrected chi connectivity index (χ1v) is 6.82. The van der Waals surface area contributed by atoms with Gasteiger partial charge in [-0.15, -0.1) is 0 Å². The standard InChI is InChI=1S/C16H16ClN3/c17-14-7-6-13(11-18)16(10-14)20-9-8-15(19)12-4-2-1-3-5-12/h1-7,10,15,20H,8-9,19H2. The first-order valence-electron chi connectivity index (χ1n) is 6.45. The number of rotatable bonds is 5. The van der Waals surface area contributed by atoms with Crippen LogP contribution >= 0.6 is 11.6 Å². The van der Waals surface area contributed by atoms with E-state index >= 15 is 0 Å². The SMILES string of the molecule is N#Cc1ccc(Cl)cc1NCCC(N)c1ccccc1. The highest BCUT2D eigenvalue weighted by Gasteiger charge is 2.06. The zero-order chi connectivity index (χ0) is 14.4. The highest BCUT2D eigenvalue weighted by molar-refractivity contribution is 6.30. The van der Waals surface area contributed by atoms with E-state index < -0.39 is 0 Å². The van der Waals surface area contributed by atoms with Crippen LogP contribution in [-0.2, 0) is 0 Å². The third kappa shape index (κ3) is 3.74. The van der Waals surface area contributed by atoms with Gasteiger partial charge in [-0.2, -0.15) is 5.26 Å². The minimum Gasteiger partial charge on any atom is -0.384 e. The summed E-state index contributed by atoms with van der Waals surface area (Å²) in [6.07, 6.45) is 0.779. The Morgan fingerprint density at radius 2 is 1.95 bits per heavy atom. The fraction of sp³-hybridized carbons (Fsp3) is 0.188. The van der Waals surface area contributed by atoms with E-state index in [1.807, 2.05) is 30.3 Å². The molecule has 0 aromatic heterocycles. The van der Waals surface area contributed by atoms with Crippen molar-refractivity contribution in [1.82, 2.24) is 0 Å². The molecule has 3 N–H and O–H groups in total. The average Bonchev–Trinajstić information content (AvgIpc) is 2.48. The predicted molar refractivity (Wildman–Crippen MR) is 82.6 cm³/mol. The lowest BCUT2D eigenvalue weighted by atomic mass is 10.0. The Labute approximate surface area is 124 Å². The van der Waals surface area contributed by atoms with Crippen LogP contribution in [0.3, 0.4) is 0 Å². The fourth-order valence-electron chi connectivity index (χ4n) is 1.99. The second-order valence-electron chi connectivity index (χ2n) is 4.53. The Morgan fingerprint density at radius 3 is 2.65 bits per heavy atom. The molecule has 0 aliphatic rings. The van der Waals surface area contributed by atoms with Gasteiger partial charge in [0.05, 0.1) is 11.3 Å². The van der Waals surface area contributed by atoms with E-state index in [1.54, 1.807) is 18.2 Å². The van der Waals surface area contributed by atoms with E-state index in [0.717, 1.165) is 17.7 Å².